The third-order valence-electron chi connectivity index (χ3n) is 5.38. The Morgan fingerprint density at radius 1 is 0.781 bits per heavy atom. The second-order valence-electron chi connectivity index (χ2n) is 7.48. The first-order chi connectivity index (χ1) is 15.5. The van der Waals surface area contributed by atoms with Gasteiger partial charge in [0.1, 0.15) is 18.2 Å². The quantitative estimate of drug-likeness (QED) is 0.566. The molecular formula is C25H22ClFN2O3. The number of nitrogens with zero attached hydrogens (tertiary/aromatic N) is 2. The van der Waals surface area contributed by atoms with E-state index in [4.69, 9.17) is 16.3 Å². The van der Waals surface area contributed by atoms with Gasteiger partial charge in [0.15, 0.2) is 0 Å². The van der Waals surface area contributed by atoms with E-state index in [9.17, 15) is 14.0 Å². The van der Waals surface area contributed by atoms with Crippen LogP contribution in [0.2, 0.25) is 5.02 Å². The number of carbonyl (C=O) groups excluding carboxylic acids is 2. The summed E-state index contributed by atoms with van der Waals surface area (Å²) in [6.07, 6.45) is 0. The van der Waals surface area contributed by atoms with Crippen LogP contribution in [-0.2, 0) is 6.61 Å². The smallest absolute Gasteiger partial charge is 0.257 e. The molecule has 1 heterocycles. The second kappa shape index (κ2) is 9.83. The number of piperazine rings is 1. The van der Waals surface area contributed by atoms with Crippen molar-refractivity contribution >= 4 is 23.4 Å². The number of rotatable bonds is 5. The molecular weight excluding hydrogens is 431 g/mol. The van der Waals surface area contributed by atoms with Crippen LogP contribution in [0.15, 0.2) is 72.8 Å². The molecule has 4 rings (SSSR count). The summed E-state index contributed by atoms with van der Waals surface area (Å²) in [5, 5.41) is 0.420. The van der Waals surface area contributed by atoms with Crippen LogP contribution < -0.4 is 4.74 Å². The zero-order valence-electron chi connectivity index (χ0n) is 17.3. The lowest BCUT2D eigenvalue weighted by molar-refractivity contribution is 0.0533. The molecule has 0 aliphatic carbocycles. The maximum Gasteiger partial charge on any atom is 0.257 e. The topological polar surface area (TPSA) is 49.9 Å². The molecule has 1 fully saturated rings. The highest BCUT2D eigenvalue weighted by atomic mass is 35.5. The van der Waals surface area contributed by atoms with E-state index < -0.39 is 0 Å². The van der Waals surface area contributed by atoms with Crippen molar-refractivity contribution in [1.29, 1.82) is 0 Å². The van der Waals surface area contributed by atoms with Crippen LogP contribution in [0.25, 0.3) is 0 Å². The number of ether oxygens (including phenoxy) is 1. The third-order valence-corrected chi connectivity index (χ3v) is 5.71. The van der Waals surface area contributed by atoms with Crippen LogP contribution >= 0.6 is 11.6 Å². The minimum absolute atomic E-state index is 0.134. The van der Waals surface area contributed by atoms with Crippen molar-refractivity contribution in [1.82, 2.24) is 9.80 Å². The summed E-state index contributed by atoms with van der Waals surface area (Å²) >= 11 is 6.15. The molecule has 3 aromatic rings. The van der Waals surface area contributed by atoms with E-state index in [1.165, 1.54) is 12.1 Å². The largest absolute Gasteiger partial charge is 0.488 e. The van der Waals surface area contributed by atoms with Gasteiger partial charge in [-0.25, -0.2) is 4.39 Å². The van der Waals surface area contributed by atoms with E-state index in [1.807, 2.05) is 0 Å². The van der Waals surface area contributed by atoms with Gasteiger partial charge in [0.25, 0.3) is 11.8 Å². The lowest BCUT2D eigenvalue weighted by Gasteiger charge is -2.35. The Kier molecular flexibility index (Phi) is 6.71. The monoisotopic (exact) mass is 452 g/mol. The standard InChI is InChI=1S/C25H22ClFN2O3/c26-22-7-3-1-5-20(22)24(30)28-13-15-29(16-14-28)25(31)21-6-2-4-8-23(21)32-17-18-9-11-19(27)12-10-18/h1-12H,13-17H2. The van der Waals surface area contributed by atoms with Gasteiger partial charge in [0.2, 0.25) is 0 Å². The van der Waals surface area contributed by atoms with Gasteiger partial charge in [0.05, 0.1) is 16.1 Å². The molecule has 0 unspecified atom stereocenters. The van der Waals surface area contributed by atoms with Crippen molar-refractivity contribution in [2.75, 3.05) is 26.2 Å². The van der Waals surface area contributed by atoms with Crippen LogP contribution in [0.3, 0.4) is 0 Å². The molecule has 0 N–H and O–H groups in total. The van der Waals surface area contributed by atoms with E-state index >= 15 is 0 Å². The van der Waals surface area contributed by atoms with E-state index in [1.54, 1.807) is 70.5 Å². The van der Waals surface area contributed by atoms with Crippen molar-refractivity contribution in [3.63, 3.8) is 0 Å². The lowest BCUT2D eigenvalue weighted by Crippen LogP contribution is -2.50. The predicted molar refractivity (Wildman–Crippen MR) is 120 cm³/mol. The normalized spacial score (nSPS) is 13.7. The van der Waals surface area contributed by atoms with Crippen LogP contribution in [0.5, 0.6) is 5.75 Å². The SMILES string of the molecule is O=C(c1ccccc1Cl)N1CCN(C(=O)c2ccccc2OCc2ccc(F)cc2)CC1. The van der Waals surface area contributed by atoms with E-state index in [0.717, 1.165) is 5.56 Å². The number of amides is 2. The summed E-state index contributed by atoms with van der Waals surface area (Å²) in [5.41, 5.74) is 1.73. The zero-order chi connectivity index (χ0) is 22.5. The molecule has 3 aromatic carbocycles. The number of hydrogen-bond donors (Lipinski definition) is 0. The molecule has 1 aliphatic heterocycles. The number of carbonyl (C=O) groups is 2. The fraction of sp³-hybridized carbons (Fsp3) is 0.200. The van der Waals surface area contributed by atoms with Crippen LogP contribution in [0.4, 0.5) is 4.39 Å². The highest BCUT2D eigenvalue weighted by Gasteiger charge is 2.27. The van der Waals surface area contributed by atoms with Crippen molar-refractivity contribution < 1.29 is 18.7 Å². The molecule has 1 aliphatic rings. The van der Waals surface area contributed by atoms with Gasteiger partial charge in [-0.05, 0) is 42.0 Å². The van der Waals surface area contributed by atoms with Crippen LogP contribution in [0.1, 0.15) is 26.3 Å². The average Bonchev–Trinajstić information content (AvgIpc) is 2.83. The van der Waals surface area contributed by atoms with E-state index in [2.05, 4.69) is 0 Å². The van der Waals surface area contributed by atoms with E-state index in [0.29, 0.717) is 48.1 Å². The molecule has 32 heavy (non-hydrogen) atoms. The Labute approximate surface area is 191 Å². The van der Waals surface area contributed by atoms with Gasteiger partial charge in [-0.2, -0.15) is 0 Å². The van der Waals surface area contributed by atoms with Gasteiger partial charge < -0.3 is 14.5 Å². The lowest BCUT2D eigenvalue weighted by atomic mass is 10.1. The number of halogens is 2. The van der Waals surface area contributed by atoms with Crippen LogP contribution in [0, 0.1) is 5.82 Å². The van der Waals surface area contributed by atoms with Gasteiger partial charge in [-0.3, -0.25) is 9.59 Å². The van der Waals surface area contributed by atoms with Gasteiger partial charge >= 0.3 is 0 Å². The first-order valence-electron chi connectivity index (χ1n) is 10.3. The minimum atomic E-state index is -0.309. The molecule has 0 saturated carbocycles. The summed E-state index contributed by atoms with van der Waals surface area (Å²) in [6.45, 7) is 1.91. The van der Waals surface area contributed by atoms with E-state index in [-0.39, 0.29) is 24.2 Å². The predicted octanol–water partition coefficient (Wildman–Crippen LogP) is 4.66. The summed E-state index contributed by atoms with van der Waals surface area (Å²) in [5.74, 6) is -0.122. The molecule has 0 radical (unpaired) electrons. The second-order valence-corrected chi connectivity index (χ2v) is 7.88. The molecule has 0 bridgehead atoms. The van der Waals surface area contributed by atoms with Crippen molar-refractivity contribution in [2.45, 2.75) is 6.61 Å². The molecule has 1 saturated heterocycles. The molecule has 2 amide bonds. The summed E-state index contributed by atoms with van der Waals surface area (Å²) in [6, 6.07) is 20.1. The Bertz CT molecular complexity index is 1110. The molecule has 0 atom stereocenters. The first-order valence-corrected chi connectivity index (χ1v) is 10.7. The third kappa shape index (κ3) is 4.92. The molecule has 7 heteroatoms. The van der Waals surface area contributed by atoms with Crippen molar-refractivity contribution in [3.8, 4) is 5.75 Å². The molecule has 164 valence electrons. The Hall–Kier alpha value is -3.38. The molecule has 0 aromatic heterocycles. The molecule has 0 spiro atoms. The zero-order valence-corrected chi connectivity index (χ0v) is 18.1. The summed E-state index contributed by atoms with van der Waals surface area (Å²) in [7, 11) is 0. The first kappa shape index (κ1) is 21.8. The van der Waals surface area contributed by atoms with Gasteiger partial charge in [-0.1, -0.05) is 48.0 Å². The van der Waals surface area contributed by atoms with Crippen molar-refractivity contribution in [3.05, 3.63) is 100 Å². The Balaban J connectivity index is 1.39. The van der Waals surface area contributed by atoms with Gasteiger partial charge in [0, 0.05) is 26.2 Å². The average molecular weight is 453 g/mol. The highest BCUT2D eigenvalue weighted by molar-refractivity contribution is 6.33. The van der Waals surface area contributed by atoms with Gasteiger partial charge in [-0.15, -0.1) is 0 Å². The minimum Gasteiger partial charge on any atom is -0.488 e. The maximum atomic E-state index is 13.1. The fourth-order valence-corrected chi connectivity index (χ4v) is 3.82. The van der Waals surface area contributed by atoms with Crippen LogP contribution in [-0.4, -0.2) is 47.8 Å². The number of para-hydroxylation sites is 1. The maximum absolute atomic E-state index is 13.1. The summed E-state index contributed by atoms with van der Waals surface area (Å²) in [4.78, 5) is 29.3. The highest BCUT2D eigenvalue weighted by Crippen LogP contribution is 2.23. The molecule has 5 nitrogen and oxygen atoms in total. The summed E-state index contributed by atoms with van der Waals surface area (Å²) < 4.78 is 19.0. The Morgan fingerprint density at radius 2 is 1.31 bits per heavy atom. The number of hydrogen-bond acceptors (Lipinski definition) is 3. The van der Waals surface area contributed by atoms with Crippen molar-refractivity contribution in [2.24, 2.45) is 0 Å². The fourth-order valence-electron chi connectivity index (χ4n) is 3.60. The number of benzene rings is 3. The Morgan fingerprint density at radius 3 is 1.94 bits per heavy atom.